The first-order chi connectivity index (χ1) is 13.7. The van der Waals surface area contributed by atoms with Crippen LogP contribution in [0.2, 0.25) is 0 Å². The Balaban J connectivity index is 1.54. The van der Waals surface area contributed by atoms with E-state index in [-0.39, 0.29) is 11.7 Å². The van der Waals surface area contributed by atoms with Crippen LogP contribution in [0.5, 0.6) is 0 Å². The smallest absolute Gasteiger partial charge is 0.257 e. The molecule has 1 N–H and O–H groups in total. The van der Waals surface area contributed by atoms with Crippen LogP contribution in [0.25, 0.3) is 22.6 Å². The number of hydrogen-bond acceptors (Lipinski definition) is 6. The summed E-state index contributed by atoms with van der Waals surface area (Å²) in [6.07, 6.45) is 0. The highest BCUT2D eigenvalue weighted by molar-refractivity contribution is 7.99. The maximum atomic E-state index is 12.2. The van der Waals surface area contributed by atoms with Gasteiger partial charge in [-0.2, -0.15) is 0 Å². The number of thioether (sulfide) groups is 1. The lowest BCUT2D eigenvalue weighted by Gasteiger charge is -2.00. The Labute approximate surface area is 170 Å². The molecular formula is C21H17N3O2S2. The van der Waals surface area contributed by atoms with Gasteiger partial charge in [-0.15, -0.1) is 11.3 Å². The van der Waals surface area contributed by atoms with Crippen LogP contribution in [0.1, 0.15) is 5.69 Å². The van der Waals surface area contributed by atoms with E-state index in [9.17, 15) is 4.79 Å². The number of rotatable bonds is 6. The molecule has 0 radical (unpaired) electrons. The highest BCUT2D eigenvalue weighted by atomic mass is 32.2. The van der Waals surface area contributed by atoms with Gasteiger partial charge in [0.25, 0.3) is 5.22 Å². The predicted octanol–water partition coefficient (Wildman–Crippen LogP) is 5.50. The van der Waals surface area contributed by atoms with Crippen molar-refractivity contribution in [2.45, 2.75) is 12.1 Å². The maximum absolute atomic E-state index is 12.2. The monoisotopic (exact) mass is 407 g/mol. The molecule has 0 fully saturated rings. The van der Waals surface area contributed by atoms with Crippen molar-refractivity contribution in [2.24, 2.45) is 0 Å². The molecule has 2 heterocycles. The number of aryl methyl sites for hydroxylation is 1. The van der Waals surface area contributed by atoms with Crippen LogP contribution < -0.4 is 5.32 Å². The van der Waals surface area contributed by atoms with Gasteiger partial charge < -0.3 is 9.73 Å². The van der Waals surface area contributed by atoms with Gasteiger partial charge in [-0.3, -0.25) is 4.79 Å². The van der Waals surface area contributed by atoms with Crippen molar-refractivity contribution in [1.82, 2.24) is 9.97 Å². The van der Waals surface area contributed by atoms with Gasteiger partial charge in [-0.25, -0.2) is 9.97 Å². The molecule has 28 heavy (non-hydrogen) atoms. The third kappa shape index (κ3) is 4.32. The second-order valence-corrected chi connectivity index (χ2v) is 7.81. The molecule has 0 unspecified atom stereocenters. The Bertz CT molecular complexity index is 1020. The first kappa shape index (κ1) is 18.5. The highest BCUT2D eigenvalue weighted by Crippen LogP contribution is 2.35. The van der Waals surface area contributed by atoms with Gasteiger partial charge in [-0.1, -0.05) is 72.4 Å². The van der Waals surface area contributed by atoms with Crippen molar-refractivity contribution < 1.29 is 9.21 Å². The molecule has 0 saturated heterocycles. The Morgan fingerprint density at radius 2 is 1.71 bits per heavy atom. The maximum Gasteiger partial charge on any atom is 0.257 e. The Hall–Kier alpha value is -2.90. The lowest BCUT2D eigenvalue weighted by Crippen LogP contribution is -2.13. The van der Waals surface area contributed by atoms with Gasteiger partial charge in [-0.05, 0) is 6.92 Å². The largest absolute Gasteiger partial charge is 0.431 e. The quantitative estimate of drug-likeness (QED) is 0.427. The summed E-state index contributed by atoms with van der Waals surface area (Å²) in [5.41, 5.74) is 3.58. The van der Waals surface area contributed by atoms with Crippen molar-refractivity contribution in [3.8, 4) is 22.6 Å². The van der Waals surface area contributed by atoms with E-state index in [1.807, 2.05) is 73.0 Å². The minimum Gasteiger partial charge on any atom is -0.431 e. The minimum atomic E-state index is -0.139. The summed E-state index contributed by atoms with van der Waals surface area (Å²) in [7, 11) is 0. The lowest BCUT2D eigenvalue weighted by molar-refractivity contribution is -0.113. The summed E-state index contributed by atoms with van der Waals surface area (Å²) in [5.74, 6) is 0.757. The van der Waals surface area contributed by atoms with Crippen LogP contribution in [0.15, 0.2) is 75.7 Å². The lowest BCUT2D eigenvalue weighted by atomic mass is 10.1. The number of carbonyl (C=O) groups excluding carboxylic acids is 1. The molecule has 2 aromatic carbocycles. The fourth-order valence-corrected chi connectivity index (χ4v) is 3.96. The first-order valence-corrected chi connectivity index (χ1v) is 10.5. The Morgan fingerprint density at radius 3 is 2.36 bits per heavy atom. The average Bonchev–Trinajstić information content (AvgIpc) is 3.34. The molecular weight excluding hydrogens is 390 g/mol. The molecule has 4 rings (SSSR count). The third-order valence-corrected chi connectivity index (χ3v) is 5.59. The van der Waals surface area contributed by atoms with Crippen molar-refractivity contribution in [2.75, 3.05) is 11.1 Å². The zero-order valence-electron chi connectivity index (χ0n) is 15.1. The van der Waals surface area contributed by atoms with E-state index in [0.717, 1.165) is 22.5 Å². The molecule has 7 heteroatoms. The Morgan fingerprint density at radius 1 is 1.04 bits per heavy atom. The van der Waals surface area contributed by atoms with Crippen molar-refractivity contribution in [3.63, 3.8) is 0 Å². The van der Waals surface area contributed by atoms with Gasteiger partial charge in [0.15, 0.2) is 10.9 Å². The van der Waals surface area contributed by atoms with E-state index >= 15 is 0 Å². The van der Waals surface area contributed by atoms with Crippen LogP contribution in [-0.2, 0) is 4.79 Å². The van der Waals surface area contributed by atoms with Gasteiger partial charge in [0, 0.05) is 16.5 Å². The number of benzene rings is 2. The summed E-state index contributed by atoms with van der Waals surface area (Å²) < 4.78 is 6.02. The number of aromatic nitrogens is 2. The van der Waals surface area contributed by atoms with E-state index < -0.39 is 0 Å². The molecule has 0 spiro atoms. The predicted molar refractivity (Wildman–Crippen MR) is 114 cm³/mol. The summed E-state index contributed by atoms with van der Waals surface area (Å²) in [6.45, 7) is 1.89. The zero-order chi connectivity index (χ0) is 19.3. The Kier molecular flexibility index (Phi) is 5.55. The number of amides is 1. The highest BCUT2D eigenvalue weighted by Gasteiger charge is 2.18. The van der Waals surface area contributed by atoms with Crippen LogP contribution in [0.4, 0.5) is 5.13 Å². The van der Waals surface area contributed by atoms with Gasteiger partial charge in [0.05, 0.1) is 11.4 Å². The van der Waals surface area contributed by atoms with E-state index in [4.69, 9.17) is 4.42 Å². The molecule has 2 aromatic heterocycles. The molecule has 0 aliphatic heterocycles. The van der Waals surface area contributed by atoms with Gasteiger partial charge >= 0.3 is 0 Å². The van der Waals surface area contributed by atoms with E-state index in [0.29, 0.717) is 16.1 Å². The topological polar surface area (TPSA) is 68.0 Å². The molecule has 0 aliphatic rings. The van der Waals surface area contributed by atoms with E-state index in [2.05, 4.69) is 15.3 Å². The SMILES string of the molecule is Cc1csc(NC(=O)CSc2nc(-c3ccccc3)c(-c3ccccc3)o2)n1. The summed E-state index contributed by atoms with van der Waals surface area (Å²) >= 11 is 2.68. The van der Waals surface area contributed by atoms with Crippen molar-refractivity contribution >= 4 is 34.1 Å². The molecule has 0 bridgehead atoms. The number of carbonyl (C=O) groups is 1. The first-order valence-electron chi connectivity index (χ1n) is 8.65. The summed E-state index contributed by atoms with van der Waals surface area (Å²) in [6, 6.07) is 19.7. The zero-order valence-corrected chi connectivity index (χ0v) is 16.7. The average molecular weight is 408 g/mol. The van der Waals surface area contributed by atoms with Gasteiger partial charge in [0.1, 0.15) is 5.69 Å². The van der Waals surface area contributed by atoms with Crippen LogP contribution in [0, 0.1) is 6.92 Å². The number of anilines is 1. The fraction of sp³-hybridized carbons (Fsp3) is 0.0952. The molecule has 4 aromatic rings. The summed E-state index contributed by atoms with van der Waals surface area (Å²) in [5, 5.41) is 5.76. The molecule has 1 amide bonds. The van der Waals surface area contributed by atoms with E-state index in [1.165, 1.54) is 23.1 Å². The second-order valence-electron chi connectivity index (χ2n) is 6.02. The number of nitrogens with zero attached hydrogens (tertiary/aromatic N) is 2. The van der Waals surface area contributed by atoms with Crippen LogP contribution in [0.3, 0.4) is 0 Å². The fourth-order valence-electron chi connectivity index (χ4n) is 2.63. The molecule has 0 saturated carbocycles. The number of nitrogens with one attached hydrogen (secondary N) is 1. The van der Waals surface area contributed by atoms with Gasteiger partial charge in [0.2, 0.25) is 5.91 Å². The van der Waals surface area contributed by atoms with Crippen LogP contribution in [-0.4, -0.2) is 21.6 Å². The third-order valence-electron chi connectivity index (χ3n) is 3.88. The van der Waals surface area contributed by atoms with Crippen molar-refractivity contribution in [3.05, 3.63) is 71.7 Å². The second kappa shape index (κ2) is 8.41. The number of hydrogen-bond donors (Lipinski definition) is 1. The van der Waals surface area contributed by atoms with Crippen LogP contribution >= 0.6 is 23.1 Å². The summed E-state index contributed by atoms with van der Waals surface area (Å²) in [4.78, 5) is 21.1. The van der Waals surface area contributed by atoms with E-state index in [1.54, 1.807) is 0 Å². The molecule has 0 aliphatic carbocycles. The number of thiazole rings is 1. The molecule has 5 nitrogen and oxygen atoms in total. The standard InChI is InChI=1S/C21H17N3O2S2/c1-14-12-27-20(22-14)23-17(25)13-28-21-24-18(15-8-4-2-5-9-15)19(26-21)16-10-6-3-7-11-16/h2-12H,13H2,1H3,(H,22,23,25). The van der Waals surface area contributed by atoms with Crippen molar-refractivity contribution in [1.29, 1.82) is 0 Å². The normalized spacial score (nSPS) is 10.8. The molecule has 0 atom stereocenters. The molecule has 140 valence electrons. The minimum absolute atomic E-state index is 0.139. The number of oxazole rings is 1.